The number of hydrogen-bond acceptors (Lipinski definition) is 3. The Labute approximate surface area is 156 Å². The topological polar surface area (TPSA) is 58.5 Å². The van der Waals surface area contributed by atoms with Gasteiger partial charge in [0.05, 0.1) is 0 Å². The first kappa shape index (κ1) is 20.0. The highest BCUT2D eigenvalue weighted by Gasteiger charge is 2.17. The molecule has 1 fully saturated rings. The van der Waals surface area contributed by atoms with Gasteiger partial charge in [0.25, 0.3) is 0 Å². The van der Waals surface area contributed by atoms with Gasteiger partial charge in [0.15, 0.2) is 5.96 Å². The van der Waals surface area contributed by atoms with Crippen LogP contribution in [0.2, 0.25) is 0 Å². The average molecular weight is 432 g/mol. The van der Waals surface area contributed by atoms with Crippen molar-refractivity contribution in [2.75, 3.05) is 7.05 Å². The summed E-state index contributed by atoms with van der Waals surface area (Å²) in [5, 5.41) is 6.66. The summed E-state index contributed by atoms with van der Waals surface area (Å²) >= 11 is 0. The lowest BCUT2D eigenvalue weighted by molar-refractivity contribution is 0.201. The van der Waals surface area contributed by atoms with Crippen LogP contribution in [0.15, 0.2) is 23.3 Å². The Kier molecular flexibility index (Phi) is 8.08. The van der Waals surface area contributed by atoms with Crippen molar-refractivity contribution in [2.24, 2.45) is 4.99 Å². The number of nitrogens with zero attached hydrogens (tertiary/aromatic N) is 2. The molecule has 23 heavy (non-hydrogen) atoms. The first-order chi connectivity index (χ1) is 10.5. The monoisotopic (exact) mass is 432 g/mol. The maximum Gasteiger partial charge on any atom is 0.213 e. The van der Waals surface area contributed by atoms with Gasteiger partial charge in [-0.25, -0.2) is 4.98 Å². The van der Waals surface area contributed by atoms with E-state index in [1.165, 1.54) is 12.8 Å². The number of guanidine groups is 1. The van der Waals surface area contributed by atoms with E-state index in [0.29, 0.717) is 12.6 Å². The minimum absolute atomic E-state index is 0. The highest BCUT2D eigenvalue weighted by Crippen LogP contribution is 2.23. The van der Waals surface area contributed by atoms with Crippen molar-refractivity contribution in [2.45, 2.75) is 64.6 Å². The summed E-state index contributed by atoms with van der Waals surface area (Å²) in [5.41, 5.74) is 1.12. The maximum atomic E-state index is 5.94. The molecule has 1 aromatic rings. The fourth-order valence-corrected chi connectivity index (χ4v) is 2.52. The van der Waals surface area contributed by atoms with Crippen LogP contribution in [0.4, 0.5) is 0 Å². The second kappa shape index (κ2) is 9.30. The highest BCUT2D eigenvalue weighted by molar-refractivity contribution is 14.0. The van der Waals surface area contributed by atoms with Crippen LogP contribution in [0.25, 0.3) is 0 Å². The largest absolute Gasteiger partial charge is 0.474 e. The first-order valence-electron chi connectivity index (χ1n) is 8.07. The number of aromatic nitrogens is 1. The third-order valence-corrected chi connectivity index (χ3v) is 3.57. The van der Waals surface area contributed by atoms with E-state index >= 15 is 0 Å². The number of hydrogen-bond donors (Lipinski definition) is 2. The van der Waals surface area contributed by atoms with E-state index in [9.17, 15) is 0 Å². The molecule has 2 N–H and O–H groups in total. The van der Waals surface area contributed by atoms with Crippen LogP contribution in [0.1, 0.15) is 52.0 Å². The highest BCUT2D eigenvalue weighted by atomic mass is 127. The van der Waals surface area contributed by atoms with Crippen LogP contribution in [-0.4, -0.2) is 29.6 Å². The fourth-order valence-electron chi connectivity index (χ4n) is 2.52. The molecule has 5 nitrogen and oxygen atoms in total. The number of halogens is 1. The van der Waals surface area contributed by atoms with Crippen molar-refractivity contribution in [3.63, 3.8) is 0 Å². The van der Waals surface area contributed by atoms with E-state index in [1.54, 1.807) is 13.2 Å². The Morgan fingerprint density at radius 3 is 2.65 bits per heavy atom. The molecule has 1 aliphatic rings. The minimum atomic E-state index is -0.0170. The van der Waals surface area contributed by atoms with Crippen LogP contribution in [0.3, 0.4) is 0 Å². The van der Waals surface area contributed by atoms with Gasteiger partial charge < -0.3 is 15.4 Å². The lowest BCUT2D eigenvalue weighted by atomic mass is 10.1. The maximum absolute atomic E-state index is 5.94. The zero-order valence-corrected chi connectivity index (χ0v) is 16.9. The van der Waals surface area contributed by atoms with Gasteiger partial charge in [0, 0.05) is 31.4 Å². The van der Waals surface area contributed by atoms with E-state index in [1.807, 2.05) is 12.1 Å². The van der Waals surface area contributed by atoms with Gasteiger partial charge in [-0.3, -0.25) is 4.99 Å². The molecule has 0 spiro atoms. The number of aliphatic imine (C=N–C) groups is 1. The van der Waals surface area contributed by atoms with Gasteiger partial charge in [-0.1, -0.05) is 0 Å². The fraction of sp³-hybridized carbons (Fsp3) is 0.647. The van der Waals surface area contributed by atoms with Crippen molar-refractivity contribution in [3.05, 3.63) is 23.9 Å². The summed E-state index contributed by atoms with van der Waals surface area (Å²) in [6.07, 6.45) is 6.97. The van der Waals surface area contributed by atoms with Crippen molar-refractivity contribution in [3.8, 4) is 5.88 Å². The second-order valence-electron chi connectivity index (χ2n) is 6.83. The van der Waals surface area contributed by atoms with E-state index < -0.39 is 0 Å². The van der Waals surface area contributed by atoms with Crippen molar-refractivity contribution < 1.29 is 4.74 Å². The van der Waals surface area contributed by atoms with E-state index in [-0.39, 0.29) is 29.5 Å². The predicted molar refractivity (Wildman–Crippen MR) is 106 cm³/mol. The molecule has 1 heterocycles. The smallest absolute Gasteiger partial charge is 0.213 e. The molecule has 1 aromatic heterocycles. The van der Waals surface area contributed by atoms with Gasteiger partial charge in [0.2, 0.25) is 5.88 Å². The third kappa shape index (κ3) is 7.37. The zero-order valence-electron chi connectivity index (χ0n) is 14.6. The molecule has 130 valence electrons. The normalized spacial score (nSPS) is 15.9. The molecule has 0 bridgehead atoms. The second-order valence-corrected chi connectivity index (χ2v) is 6.83. The molecule has 0 radical (unpaired) electrons. The van der Waals surface area contributed by atoms with Crippen molar-refractivity contribution >= 4 is 29.9 Å². The van der Waals surface area contributed by atoms with Gasteiger partial charge in [-0.15, -0.1) is 24.0 Å². The first-order valence-corrected chi connectivity index (χ1v) is 8.07. The number of ether oxygens (including phenoxy) is 1. The quantitative estimate of drug-likeness (QED) is 0.435. The van der Waals surface area contributed by atoms with Crippen LogP contribution >= 0.6 is 24.0 Å². The molecule has 0 unspecified atom stereocenters. The van der Waals surface area contributed by atoms with Crippen LogP contribution in [0.5, 0.6) is 5.88 Å². The van der Waals surface area contributed by atoms with Crippen LogP contribution in [0, 0.1) is 0 Å². The summed E-state index contributed by atoms with van der Waals surface area (Å²) in [5.74, 6) is 1.52. The molecule has 0 aliphatic heterocycles. The number of pyridine rings is 1. The molecule has 0 atom stereocenters. The lowest BCUT2D eigenvalue weighted by Gasteiger charge is -2.23. The third-order valence-electron chi connectivity index (χ3n) is 3.57. The van der Waals surface area contributed by atoms with Crippen LogP contribution < -0.4 is 15.4 Å². The Balaban J connectivity index is 0.00000264. The summed E-state index contributed by atoms with van der Waals surface area (Å²) in [7, 11) is 1.78. The molecule has 1 aliphatic carbocycles. The van der Waals surface area contributed by atoms with E-state index in [0.717, 1.165) is 30.2 Å². The van der Waals surface area contributed by atoms with Crippen molar-refractivity contribution in [1.29, 1.82) is 0 Å². The number of nitrogens with one attached hydrogen (secondary N) is 2. The van der Waals surface area contributed by atoms with Gasteiger partial charge in [0.1, 0.15) is 6.10 Å². The predicted octanol–water partition coefficient (Wildman–Crippen LogP) is 3.48. The number of rotatable bonds is 4. The molecule has 0 amide bonds. The SMILES string of the molecule is CN=C(NCc1ccnc(OC2CCCC2)c1)NC(C)(C)C.I. The molecule has 6 heteroatoms. The van der Waals surface area contributed by atoms with Gasteiger partial charge >= 0.3 is 0 Å². The lowest BCUT2D eigenvalue weighted by Crippen LogP contribution is -2.47. The molecule has 0 saturated heterocycles. The standard InChI is InChI=1S/C17H28N4O.HI/c1-17(2,3)21-16(18-4)20-12-13-9-10-19-15(11-13)22-14-7-5-6-8-14;/h9-11,14H,5-8,12H2,1-4H3,(H2,18,20,21);1H. The van der Waals surface area contributed by atoms with E-state index in [2.05, 4.69) is 41.4 Å². The molecular weight excluding hydrogens is 403 g/mol. The summed E-state index contributed by atoms with van der Waals surface area (Å²) in [4.78, 5) is 8.56. The van der Waals surface area contributed by atoms with Crippen molar-refractivity contribution in [1.82, 2.24) is 15.6 Å². The van der Waals surface area contributed by atoms with E-state index in [4.69, 9.17) is 4.74 Å². The molecular formula is C17H29IN4O. The zero-order chi connectivity index (χ0) is 16.0. The van der Waals surface area contributed by atoms with Gasteiger partial charge in [-0.05, 0) is 58.1 Å². The molecule has 1 saturated carbocycles. The van der Waals surface area contributed by atoms with Crippen LogP contribution in [-0.2, 0) is 6.54 Å². The summed E-state index contributed by atoms with van der Waals surface area (Å²) in [6.45, 7) is 7.03. The Morgan fingerprint density at radius 2 is 2.04 bits per heavy atom. The Bertz CT molecular complexity index is 508. The average Bonchev–Trinajstić information content (AvgIpc) is 2.95. The molecule has 0 aromatic carbocycles. The van der Waals surface area contributed by atoms with Gasteiger partial charge in [-0.2, -0.15) is 0 Å². The summed E-state index contributed by atoms with van der Waals surface area (Å²) in [6, 6.07) is 4.01. The summed E-state index contributed by atoms with van der Waals surface area (Å²) < 4.78 is 5.94. The minimum Gasteiger partial charge on any atom is -0.474 e. The molecule has 2 rings (SSSR count). The Hall–Kier alpha value is -1.05. The Morgan fingerprint density at radius 1 is 1.35 bits per heavy atom.